The summed E-state index contributed by atoms with van der Waals surface area (Å²) in [5.74, 6) is 0.291. The largest absolute Gasteiger partial charge is 0.353 e. The number of carbonyl (C=O) groups is 3. The summed E-state index contributed by atoms with van der Waals surface area (Å²) in [5, 5.41) is 3.12. The van der Waals surface area contributed by atoms with Crippen molar-refractivity contribution in [2.45, 2.75) is 51.1 Å². The molecule has 6 heteroatoms. The predicted molar refractivity (Wildman–Crippen MR) is 105 cm³/mol. The van der Waals surface area contributed by atoms with Gasteiger partial charge in [0.1, 0.15) is 0 Å². The van der Waals surface area contributed by atoms with Gasteiger partial charge in [-0.1, -0.05) is 30.3 Å². The fourth-order valence-electron chi connectivity index (χ4n) is 4.35. The second-order valence-electron chi connectivity index (χ2n) is 8.42. The molecule has 2 aliphatic heterocycles. The Balaban J connectivity index is 1.29. The van der Waals surface area contributed by atoms with Crippen molar-refractivity contribution in [1.29, 1.82) is 0 Å². The number of amides is 3. The van der Waals surface area contributed by atoms with Crippen molar-refractivity contribution in [2.24, 2.45) is 11.8 Å². The molecule has 0 bridgehead atoms. The lowest BCUT2D eigenvalue weighted by atomic mass is 10.0. The lowest BCUT2D eigenvalue weighted by Gasteiger charge is -2.34. The lowest BCUT2D eigenvalue weighted by Crippen LogP contribution is -2.48. The SMILES string of the molecule is CC(c1ccccc1)N1CC(C(=O)N2CCC(NC(=O)C3CC3)CC2)CC1=O. The number of hydrogen-bond donors (Lipinski definition) is 1. The smallest absolute Gasteiger partial charge is 0.227 e. The van der Waals surface area contributed by atoms with E-state index in [4.69, 9.17) is 0 Å². The topological polar surface area (TPSA) is 69.7 Å². The molecular weight excluding hydrogens is 354 g/mol. The van der Waals surface area contributed by atoms with Gasteiger partial charge in [0.05, 0.1) is 12.0 Å². The van der Waals surface area contributed by atoms with Crippen LogP contribution in [0.25, 0.3) is 0 Å². The molecule has 28 heavy (non-hydrogen) atoms. The van der Waals surface area contributed by atoms with Crippen LogP contribution in [0.3, 0.4) is 0 Å². The minimum Gasteiger partial charge on any atom is -0.353 e. The number of hydrogen-bond acceptors (Lipinski definition) is 3. The molecule has 3 fully saturated rings. The predicted octanol–water partition coefficient (Wildman–Crippen LogP) is 2.11. The normalized spacial score (nSPS) is 24.3. The summed E-state index contributed by atoms with van der Waals surface area (Å²) in [4.78, 5) is 41.1. The molecule has 0 radical (unpaired) electrons. The molecule has 2 heterocycles. The second-order valence-corrected chi connectivity index (χ2v) is 8.42. The van der Waals surface area contributed by atoms with Gasteiger partial charge in [-0.05, 0) is 38.2 Å². The maximum Gasteiger partial charge on any atom is 0.227 e. The van der Waals surface area contributed by atoms with Crippen molar-refractivity contribution in [3.05, 3.63) is 35.9 Å². The van der Waals surface area contributed by atoms with E-state index in [0.29, 0.717) is 26.1 Å². The van der Waals surface area contributed by atoms with E-state index in [1.165, 1.54) is 0 Å². The average molecular weight is 383 g/mol. The zero-order chi connectivity index (χ0) is 19.7. The Morgan fingerprint density at radius 1 is 1.04 bits per heavy atom. The van der Waals surface area contributed by atoms with E-state index < -0.39 is 0 Å². The summed E-state index contributed by atoms with van der Waals surface area (Å²) in [5.41, 5.74) is 1.09. The number of piperidine rings is 1. The number of nitrogens with one attached hydrogen (secondary N) is 1. The standard InChI is InChI=1S/C22H29N3O3/c1-15(16-5-3-2-4-6-16)25-14-18(13-20(25)26)22(28)24-11-9-19(10-12-24)23-21(27)17-7-8-17/h2-6,15,17-19H,7-14H2,1H3,(H,23,27). The van der Waals surface area contributed by atoms with Crippen molar-refractivity contribution in [3.8, 4) is 0 Å². The molecule has 2 atom stereocenters. The third kappa shape index (κ3) is 4.05. The second kappa shape index (κ2) is 7.94. The van der Waals surface area contributed by atoms with Crippen LogP contribution in [0, 0.1) is 11.8 Å². The van der Waals surface area contributed by atoms with E-state index in [1.54, 1.807) is 0 Å². The molecule has 0 spiro atoms. The number of benzene rings is 1. The number of likely N-dealkylation sites (tertiary alicyclic amines) is 2. The van der Waals surface area contributed by atoms with Crippen molar-refractivity contribution >= 4 is 17.7 Å². The van der Waals surface area contributed by atoms with Crippen LogP contribution in [-0.4, -0.2) is 53.2 Å². The van der Waals surface area contributed by atoms with Crippen LogP contribution < -0.4 is 5.32 Å². The Hall–Kier alpha value is -2.37. The summed E-state index contributed by atoms with van der Waals surface area (Å²) in [7, 11) is 0. The molecule has 3 amide bonds. The Morgan fingerprint density at radius 2 is 1.71 bits per heavy atom. The highest BCUT2D eigenvalue weighted by atomic mass is 16.2. The quantitative estimate of drug-likeness (QED) is 0.847. The maximum absolute atomic E-state index is 13.0. The molecule has 3 aliphatic rings. The van der Waals surface area contributed by atoms with Crippen LogP contribution in [0.1, 0.15) is 50.6 Å². The molecule has 1 aromatic rings. The summed E-state index contributed by atoms with van der Waals surface area (Å²) in [6, 6.07) is 10.1. The highest BCUT2D eigenvalue weighted by Crippen LogP contribution is 2.31. The van der Waals surface area contributed by atoms with E-state index >= 15 is 0 Å². The first kappa shape index (κ1) is 19.0. The minimum atomic E-state index is -0.253. The van der Waals surface area contributed by atoms with E-state index in [0.717, 1.165) is 31.2 Å². The minimum absolute atomic E-state index is 0.0186. The summed E-state index contributed by atoms with van der Waals surface area (Å²) < 4.78 is 0. The van der Waals surface area contributed by atoms with E-state index in [-0.39, 0.29) is 41.6 Å². The lowest BCUT2D eigenvalue weighted by molar-refractivity contribution is -0.137. The van der Waals surface area contributed by atoms with Crippen molar-refractivity contribution in [3.63, 3.8) is 0 Å². The van der Waals surface area contributed by atoms with Gasteiger partial charge in [-0.3, -0.25) is 14.4 Å². The molecule has 1 saturated carbocycles. The third-order valence-corrected chi connectivity index (χ3v) is 6.36. The third-order valence-electron chi connectivity index (χ3n) is 6.36. The van der Waals surface area contributed by atoms with Crippen LogP contribution in [0.2, 0.25) is 0 Å². The van der Waals surface area contributed by atoms with Crippen LogP contribution in [0.4, 0.5) is 0 Å². The van der Waals surface area contributed by atoms with Crippen LogP contribution in [0.5, 0.6) is 0 Å². The van der Waals surface area contributed by atoms with Gasteiger partial charge in [-0.15, -0.1) is 0 Å². The first-order chi connectivity index (χ1) is 13.5. The Kier molecular flexibility index (Phi) is 5.38. The van der Waals surface area contributed by atoms with E-state index in [2.05, 4.69) is 5.32 Å². The Bertz CT molecular complexity index is 739. The Morgan fingerprint density at radius 3 is 2.36 bits per heavy atom. The fraction of sp³-hybridized carbons (Fsp3) is 0.591. The first-order valence-electron chi connectivity index (χ1n) is 10.5. The van der Waals surface area contributed by atoms with Crippen molar-refractivity contribution in [1.82, 2.24) is 15.1 Å². The van der Waals surface area contributed by atoms with E-state index in [9.17, 15) is 14.4 Å². The molecule has 2 unspecified atom stereocenters. The molecule has 0 aromatic heterocycles. The van der Waals surface area contributed by atoms with Crippen LogP contribution in [-0.2, 0) is 14.4 Å². The van der Waals surface area contributed by atoms with Gasteiger partial charge in [-0.25, -0.2) is 0 Å². The van der Waals surface area contributed by atoms with Gasteiger partial charge in [0.2, 0.25) is 17.7 Å². The number of nitrogens with zero attached hydrogens (tertiary/aromatic N) is 2. The van der Waals surface area contributed by atoms with E-state index in [1.807, 2.05) is 47.1 Å². The van der Waals surface area contributed by atoms with Crippen LogP contribution >= 0.6 is 0 Å². The van der Waals surface area contributed by atoms with Gasteiger partial charge in [0.15, 0.2) is 0 Å². The van der Waals surface area contributed by atoms with Gasteiger partial charge in [0, 0.05) is 38.0 Å². The van der Waals surface area contributed by atoms with Gasteiger partial charge >= 0.3 is 0 Å². The molecule has 1 aliphatic carbocycles. The number of rotatable bonds is 5. The average Bonchev–Trinajstić information content (AvgIpc) is 3.50. The van der Waals surface area contributed by atoms with Gasteiger partial charge in [0.25, 0.3) is 0 Å². The van der Waals surface area contributed by atoms with Gasteiger partial charge < -0.3 is 15.1 Å². The zero-order valence-electron chi connectivity index (χ0n) is 16.5. The molecule has 6 nitrogen and oxygen atoms in total. The molecular formula is C22H29N3O3. The fourth-order valence-corrected chi connectivity index (χ4v) is 4.35. The van der Waals surface area contributed by atoms with Crippen LogP contribution in [0.15, 0.2) is 30.3 Å². The van der Waals surface area contributed by atoms with Crippen molar-refractivity contribution in [2.75, 3.05) is 19.6 Å². The zero-order valence-corrected chi connectivity index (χ0v) is 16.5. The van der Waals surface area contributed by atoms with Gasteiger partial charge in [-0.2, -0.15) is 0 Å². The molecule has 1 N–H and O–H groups in total. The molecule has 2 saturated heterocycles. The molecule has 150 valence electrons. The monoisotopic (exact) mass is 383 g/mol. The van der Waals surface area contributed by atoms with Crippen molar-refractivity contribution < 1.29 is 14.4 Å². The summed E-state index contributed by atoms with van der Waals surface area (Å²) >= 11 is 0. The molecule has 1 aromatic carbocycles. The highest BCUT2D eigenvalue weighted by Gasteiger charge is 2.39. The highest BCUT2D eigenvalue weighted by molar-refractivity contribution is 5.89. The summed E-state index contributed by atoms with van der Waals surface area (Å²) in [6.45, 7) is 3.83. The Labute approximate surface area is 166 Å². The number of carbonyl (C=O) groups excluding carboxylic acids is 3. The molecule has 4 rings (SSSR count). The maximum atomic E-state index is 13.0. The first-order valence-corrected chi connectivity index (χ1v) is 10.5. The summed E-state index contributed by atoms with van der Waals surface area (Å²) in [6.07, 6.45) is 3.92.